The van der Waals surface area contributed by atoms with E-state index in [2.05, 4.69) is 31.9 Å². The molecule has 2 N–H and O–H groups in total. The minimum Gasteiger partial charge on any atom is -0.497 e. The van der Waals surface area contributed by atoms with Crippen LogP contribution >= 0.6 is 11.3 Å². The molecule has 186 valence electrons. The Morgan fingerprint density at radius 1 is 1.29 bits per heavy atom. The van der Waals surface area contributed by atoms with Crippen LogP contribution in [0.4, 0.5) is 0 Å². The fourth-order valence-corrected chi connectivity index (χ4v) is 7.42. The molecular formula is C27H34N4O3S. The van der Waals surface area contributed by atoms with Crippen LogP contribution in [0.3, 0.4) is 0 Å². The number of hydrogen-bond acceptors (Lipinski definition) is 6. The highest BCUT2D eigenvalue weighted by Crippen LogP contribution is 2.49. The second-order valence-electron chi connectivity index (χ2n) is 10.4. The molecule has 1 atom stereocenters. The Bertz CT molecular complexity index is 1190. The molecule has 2 aromatic heterocycles. The third kappa shape index (κ3) is 3.96. The van der Waals surface area contributed by atoms with E-state index >= 15 is 0 Å². The molecule has 4 heterocycles. The first-order valence-corrected chi connectivity index (χ1v) is 13.7. The molecule has 1 aliphatic carbocycles. The molecular weight excluding hydrogens is 460 g/mol. The number of aromatic nitrogens is 2. The predicted octanol–water partition coefficient (Wildman–Crippen LogP) is 4.23. The number of H-pyrrole nitrogens is 1. The number of aromatic amines is 1. The van der Waals surface area contributed by atoms with Gasteiger partial charge in [-0.3, -0.25) is 9.69 Å². The topological polar surface area (TPSA) is 81.7 Å². The number of amides is 1. The van der Waals surface area contributed by atoms with Crippen LogP contribution in [0.15, 0.2) is 29.8 Å². The summed E-state index contributed by atoms with van der Waals surface area (Å²) >= 11 is 1.66. The zero-order valence-corrected chi connectivity index (χ0v) is 21.1. The fraction of sp³-hybridized carbons (Fsp3) is 0.556. The van der Waals surface area contributed by atoms with E-state index in [-0.39, 0.29) is 24.0 Å². The molecule has 1 amide bonds. The molecule has 0 unspecified atom stereocenters. The summed E-state index contributed by atoms with van der Waals surface area (Å²) < 4.78 is 5.49. The van der Waals surface area contributed by atoms with Crippen molar-refractivity contribution in [2.24, 2.45) is 5.92 Å². The number of carbonyl (C=O) groups is 1. The van der Waals surface area contributed by atoms with Crippen molar-refractivity contribution in [2.45, 2.75) is 56.5 Å². The number of piperidine rings is 1. The summed E-state index contributed by atoms with van der Waals surface area (Å²) in [6.07, 6.45) is 8.19. The molecule has 3 aliphatic rings. The van der Waals surface area contributed by atoms with Gasteiger partial charge >= 0.3 is 0 Å². The summed E-state index contributed by atoms with van der Waals surface area (Å²) in [5.41, 5.74) is 3.41. The van der Waals surface area contributed by atoms with Gasteiger partial charge in [-0.15, -0.1) is 11.3 Å². The van der Waals surface area contributed by atoms with Crippen molar-refractivity contribution >= 4 is 28.1 Å². The largest absolute Gasteiger partial charge is 0.497 e. The SMILES string of the molecule is COc1ccc2c3c([nH]c2c1)[C@@H](CO)N(Cc1nccs1)CC31CCN(C(=O)C2CCCC2)CC1. The number of hydrogen-bond donors (Lipinski definition) is 2. The number of benzene rings is 1. The van der Waals surface area contributed by atoms with Crippen LogP contribution in [-0.2, 0) is 16.8 Å². The molecule has 8 heteroatoms. The van der Waals surface area contributed by atoms with Crippen LogP contribution in [0, 0.1) is 5.92 Å². The molecule has 0 radical (unpaired) electrons. The quantitative estimate of drug-likeness (QED) is 0.555. The molecule has 0 bridgehead atoms. The van der Waals surface area contributed by atoms with E-state index in [1.807, 2.05) is 17.6 Å². The standard InChI is InChI=1S/C27H34N4O3S/c1-34-19-6-7-20-21(14-19)29-25-22(16-32)31(15-23-28-10-13-35-23)17-27(24(20)25)8-11-30(12-9-27)26(33)18-4-2-3-5-18/h6-7,10,13-14,18,22,29,32H,2-5,8-9,11-12,15-17H2,1H3/t22-/m1/s1. The number of fused-ring (bicyclic) bond motifs is 4. The van der Waals surface area contributed by atoms with Gasteiger partial charge in [0.15, 0.2) is 0 Å². The van der Waals surface area contributed by atoms with Crippen LogP contribution in [0.1, 0.15) is 60.8 Å². The van der Waals surface area contributed by atoms with E-state index in [0.717, 1.165) is 67.3 Å². The summed E-state index contributed by atoms with van der Waals surface area (Å²) in [5.74, 6) is 1.42. The maximum absolute atomic E-state index is 13.2. The highest BCUT2D eigenvalue weighted by molar-refractivity contribution is 7.09. The van der Waals surface area contributed by atoms with Gasteiger partial charge in [0.25, 0.3) is 0 Å². The third-order valence-corrected chi connectivity index (χ3v) is 9.34. The second kappa shape index (κ2) is 9.22. The Hall–Kier alpha value is -2.42. The van der Waals surface area contributed by atoms with Crippen molar-refractivity contribution in [1.82, 2.24) is 19.8 Å². The normalized spacial score (nSPS) is 22.7. The van der Waals surface area contributed by atoms with Crippen LogP contribution in [0.25, 0.3) is 10.9 Å². The lowest BCUT2D eigenvalue weighted by Crippen LogP contribution is -2.54. The number of nitrogens with zero attached hydrogens (tertiary/aromatic N) is 3. The lowest BCUT2D eigenvalue weighted by Gasteiger charge is -2.50. The highest BCUT2D eigenvalue weighted by atomic mass is 32.1. The number of nitrogens with one attached hydrogen (secondary N) is 1. The van der Waals surface area contributed by atoms with E-state index < -0.39 is 0 Å². The summed E-state index contributed by atoms with van der Waals surface area (Å²) in [4.78, 5) is 25.9. The Balaban J connectivity index is 1.38. The number of rotatable bonds is 5. The molecule has 35 heavy (non-hydrogen) atoms. The second-order valence-corrected chi connectivity index (χ2v) is 11.4. The van der Waals surface area contributed by atoms with Gasteiger partial charge in [-0.25, -0.2) is 4.98 Å². The van der Waals surface area contributed by atoms with Crippen molar-refractivity contribution in [1.29, 1.82) is 0 Å². The summed E-state index contributed by atoms with van der Waals surface area (Å²) in [6.45, 7) is 3.21. The first-order chi connectivity index (χ1) is 17.1. The Morgan fingerprint density at radius 2 is 2.09 bits per heavy atom. The molecule has 1 saturated heterocycles. The zero-order valence-electron chi connectivity index (χ0n) is 20.3. The molecule has 1 spiro atoms. The van der Waals surface area contributed by atoms with Gasteiger partial charge < -0.3 is 19.7 Å². The minimum absolute atomic E-state index is 0.0463. The van der Waals surface area contributed by atoms with Gasteiger partial charge in [0.05, 0.1) is 26.3 Å². The van der Waals surface area contributed by atoms with Crippen LogP contribution in [0.2, 0.25) is 0 Å². The minimum atomic E-state index is -0.115. The number of likely N-dealkylation sites (tertiary alicyclic amines) is 1. The highest BCUT2D eigenvalue weighted by Gasteiger charge is 2.48. The summed E-state index contributed by atoms with van der Waals surface area (Å²) in [6, 6.07) is 6.13. The van der Waals surface area contributed by atoms with Crippen molar-refractivity contribution in [3.8, 4) is 5.75 Å². The zero-order chi connectivity index (χ0) is 24.0. The van der Waals surface area contributed by atoms with Crippen molar-refractivity contribution in [3.63, 3.8) is 0 Å². The molecule has 2 aliphatic heterocycles. The number of aliphatic hydroxyl groups excluding tert-OH is 1. The number of carbonyl (C=O) groups excluding carboxylic acids is 1. The van der Waals surface area contributed by atoms with E-state index in [1.54, 1.807) is 18.4 Å². The maximum Gasteiger partial charge on any atom is 0.225 e. The molecule has 6 rings (SSSR count). The molecule has 2 fully saturated rings. The summed E-state index contributed by atoms with van der Waals surface area (Å²) in [5, 5.41) is 14.8. The number of thiazole rings is 1. The monoisotopic (exact) mass is 494 g/mol. The van der Waals surface area contributed by atoms with E-state index in [4.69, 9.17) is 4.74 Å². The van der Waals surface area contributed by atoms with Crippen molar-refractivity contribution < 1.29 is 14.6 Å². The number of methoxy groups -OCH3 is 1. The average Bonchev–Trinajstić information content (AvgIpc) is 3.65. The predicted molar refractivity (Wildman–Crippen MR) is 137 cm³/mol. The van der Waals surface area contributed by atoms with Crippen LogP contribution in [0.5, 0.6) is 5.75 Å². The molecule has 1 aromatic carbocycles. The lowest BCUT2D eigenvalue weighted by atomic mass is 9.68. The fourth-order valence-electron chi connectivity index (χ4n) is 6.78. The first-order valence-electron chi connectivity index (χ1n) is 12.8. The molecule has 3 aromatic rings. The smallest absolute Gasteiger partial charge is 0.225 e. The van der Waals surface area contributed by atoms with Gasteiger partial charge in [-0.1, -0.05) is 12.8 Å². The Kier molecular flexibility index (Phi) is 6.06. The Morgan fingerprint density at radius 3 is 2.77 bits per heavy atom. The van der Waals surface area contributed by atoms with Gasteiger partial charge in [-0.2, -0.15) is 0 Å². The number of ether oxygens (including phenoxy) is 1. The van der Waals surface area contributed by atoms with E-state index in [9.17, 15) is 9.90 Å². The third-order valence-electron chi connectivity index (χ3n) is 8.58. The Labute approximate surface area is 210 Å². The first kappa shape index (κ1) is 23.0. The molecule has 7 nitrogen and oxygen atoms in total. The molecule has 1 saturated carbocycles. The van der Waals surface area contributed by atoms with Crippen LogP contribution in [-0.4, -0.2) is 64.1 Å². The summed E-state index contributed by atoms with van der Waals surface area (Å²) in [7, 11) is 1.69. The van der Waals surface area contributed by atoms with Crippen LogP contribution < -0.4 is 4.74 Å². The van der Waals surface area contributed by atoms with Gasteiger partial charge in [-0.05, 0) is 43.4 Å². The maximum atomic E-state index is 13.2. The van der Waals surface area contributed by atoms with Gasteiger partial charge in [0, 0.05) is 65.2 Å². The van der Waals surface area contributed by atoms with Crippen molar-refractivity contribution in [2.75, 3.05) is 33.4 Å². The van der Waals surface area contributed by atoms with E-state index in [0.29, 0.717) is 12.5 Å². The van der Waals surface area contributed by atoms with Gasteiger partial charge in [0.2, 0.25) is 5.91 Å². The van der Waals surface area contributed by atoms with Crippen molar-refractivity contribution in [3.05, 3.63) is 46.0 Å². The average molecular weight is 495 g/mol. The lowest BCUT2D eigenvalue weighted by molar-refractivity contribution is -0.137. The van der Waals surface area contributed by atoms with E-state index in [1.165, 1.54) is 23.8 Å². The van der Waals surface area contributed by atoms with Gasteiger partial charge in [0.1, 0.15) is 10.8 Å². The number of aliphatic hydroxyl groups is 1.